The second-order valence-corrected chi connectivity index (χ2v) is 8.33. The molecule has 0 atom stereocenters. The quantitative estimate of drug-likeness (QED) is 0.202. The maximum absolute atomic E-state index is 13.1. The van der Waals surface area contributed by atoms with E-state index in [-0.39, 0.29) is 5.57 Å². The number of carbonyl (C=O) groups is 1. The lowest BCUT2D eigenvalue weighted by Gasteiger charge is -2.15. The largest absolute Gasteiger partial charge is 0.490 e. The van der Waals surface area contributed by atoms with Crippen LogP contribution < -0.4 is 14.8 Å². The maximum atomic E-state index is 13.1. The van der Waals surface area contributed by atoms with Gasteiger partial charge in [0.05, 0.1) is 10.2 Å². The zero-order chi connectivity index (χ0) is 23.8. The molecule has 33 heavy (non-hydrogen) atoms. The molecule has 168 valence electrons. The lowest BCUT2D eigenvalue weighted by atomic mass is 10.1. The van der Waals surface area contributed by atoms with Crippen molar-refractivity contribution in [3.8, 4) is 17.6 Å². The number of hydrogen-bond acceptors (Lipinski definition) is 4. The van der Waals surface area contributed by atoms with Gasteiger partial charge in [-0.25, -0.2) is 4.39 Å². The van der Waals surface area contributed by atoms with E-state index in [0.29, 0.717) is 36.0 Å². The van der Waals surface area contributed by atoms with Crippen LogP contribution in [-0.2, 0) is 11.4 Å². The molecule has 0 aliphatic rings. The number of anilines is 1. The minimum Gasteiger partial charge on any atom is -0.490 e. The summed E-state index contributed by atoms with van der Waals surface area (Å²) in [7, 11) is 0. The van der Waals surface area contributed by atoms with Crippen molar-refractivity contribution < 1.29 is 18.7 Å². The van der Waals surface area contributed by atoms with Crippen molar-refractivity contribution in [2.75, 3.05) is 11.9 Å². The van der Waals surface area contributed by atoms with Gasteiger partial charge in [0.1, 0.15) is 24.1 Å². The monoisotopic (exact) mass is 556 g/mol. The van der Waals surface area contributed by atoms with Crippen molar-refractivity contribution in [3.05, 3.63) is 92.3 Å². The van der Waals surface area contributed by atoms with E-state index in [0.717, 1.165) is 14.7 Å². The first-order valence-electron chi connectivity index (χ1n) is 10.2. The van der Waals surface area contributed by atoms with Gasteiger partial charge in [-0.2, -0.15) is 5.26 Å². The molecular formula is C26H22FIN2O3. The van der Waals surface area contributed by atoms with E-state index >= 15 is 0 Å². The molecule has 0 bridgehead atoms. The zero-order valence-corrected chi connectivity index (χ0v) is 20.4. The Balaban J connectivity index is 1.84. The van der Waals surface area contributed by atoms with E-state index in [1.165, 1.54) is 30.3 Å². The van der Waals surface area contributed by atoms with Crippen LogP contribution in [0.5, 0.6) is 11.5 Å². The molecule has 0 aromatic heterocycles. The molecule has 0 aliphatic carbocycles. The van der Waals surface area contributed by atoms with E-state index in [9.17, 15) is 14.4 Å². The number of hydrogen-bond donors (Lipinski definition) is 1. The number of ether oxygens (including phenoxy) is 2. The Hall–Kier alpha value is -3.38. The van der Waals surface area contributed by atoms with Gasteiger partial charge < -0.3 is 14.8 Å². The van der Waals surface area contributed by atoms with Crippen molar-refractivity contribution >= 4 is 40.3 Å². The van der Waals surface area contributed by atoms with Crippen molar-refractivity contribution in [1.29, 1.82) is 5.26 Å². The molecule has 0 aliphatic heterocycles. The summed E-state index contributed by atoms with van der Waals surface area (Å²) in [5.74, 6) is 0.133. The molecule has 0 saturated heterocycles. The van der Waals surface area contributed by atoms with Crippen LogP contribution >= 0.6 is 22.6 Å². The van der Waals surface area contributed by atoms with Crippen LogP contribution in [0.15, 0.2) is 66.2 Å². The molecule has 3 aromatic carbocycles. The minimum absolute atomic E-state index is 0.0917. The summed E-state index contributed by atoms with van der Waals surface area (Å²) in [5, 5.41) is 12.1. The normalized spacial score (nSPS) is 10.9. The number of amides is 1. The van der Waals surface area contributed by atoms with Crippen LogP contribution in [0.4, 0.5) is 10.1 Å². The van der Waals surface area contributed by atoms with Crippen LogP contribution in [0.2, 0.25) is 0 Å². The van der Waals surface area contributed by atoms with E-state index in [2.05, 4.69) is 34.0 Å². The predicted molar refractivity (Wildman–Crippen MR) is 134 cm³/mol. The number of halogens is 2. The Morgan fingerprint density at radius 3 is 2.58 bits per heavy atom. The van der Waals surface area contributed by atoms with Gasteiger partial charge in [-0.3, -0.25) is 4.79 Å². The summed E-state index contributed by atoms with van der Waals surface area (Å²) < 4.78 is 25.7. The third kappa shape index (κ3) is 6.80. The summed E-state index contributed by atoms with van der Waals surface area (Å²) >= 11 is 2.15. The van der Waals surface area contributed by atoms with E-state index in [4.69, 9.17) is 9.47 Å². The third-order valence-corrected chi connectivity index (χ3v) is 5.38. The molecule has 3 rings (SSSR count). The van der Waals surface area contributed by atoms with Crippen LogP contribution in [0.3, 0.4) is 0 Å². The predicted octanol–water partition coefficient (Wildman–Crippen LogP) is 6.26. The van der Waals surface area contributed by atoms with Crippen LogP contribution in [-0.4, -0.2) is 12.5 Å². The maximum Gasteiger partial charge on any atom is 0.266 e. The Bertz CT molecular complexity index is 1220. The van der Waals surface area contributed by atoms with E-state index in [1.807, 2.05) is 44.2 Å². The first kappa shape index (κ1) is 24.3. The minimum atomic E-state index is -0.586. The number of nitrogens with zero attached hydrogens (tertiary/aromatic N) is 1. The SMILES string of the molecule is CCOc1cc(/C=C(\C#N)C(=O)Nc2ccc(F)cc2)cc(I)c1OCc1cccc(C)c1. The van der Waals surface area contributed by atoms with Gasteiger partial charge in [-0.15, -0.1) is 0 Å². The van der Waals surface area contributed by atoms with Gasteiger partial charge in [-0.1, -0.05) is 29.8 Å². The van der Waals surface area contributed by atoms with Crippen molar-refractivity contribution in [2.24, 2.45) is 0 Å². The Labute approximate surface area is 206 Å². The molecule has 0 heterocycles. The second kappa shape index (κ2) is 11.5. The number of carbonyl (C=O) groups excluding carboxylic acids is 1. The van der Waals surface area contributed by atoms with Crippen LogP contribution in [0, 0.1) is 27.6 Å². The Morgan fingerprint density at radius 2 is 1.91 bits per heavy atom. The average Bonchev–Trinajstić information content (AvgIpc) is 2.78. The fraction of sp³-hybridized carbons (Fsp3) is 0.154. The van der Waals surface area contributed by atoms with Crippen LogP contribution in [0.25, 0.3) is 6.08 Å². The average molecular weight is 556 g/mol. The number of rotatable bonds is 8. The Morgan fingerprint density at radius 1 is 1.15 bits per heavy atom. The molecule has 0 spiro atoms. The number of aryl methyl sites for hydroxylation is 1. The summed E-state index contributed by atoms with van der Waals surface area (Å²) in [4.78, 5) is 12.5. The zero-order valence-electron chi connectivity index (χ0n) is 18.2. The highest BCUT2D eigenvalue weighted by atomic mass is 127. The fourth-order valence-corrected chi connectivity index (χ4v) is 3.86. The molecule has 0 radical (unpaired) electrons. The van der Waals surface area contributed by atoms with Crippen LogP contribution in [0.1, 0.15) is 23.6 Å². The number of nitrogens with one attached hydrogen (secondary N) is 1. The van der Waals surface area contributed by atoms with Gasteiger partial charge in [0, 0.05) is 5.69 Å². The highest BCUT2D eigenvalue weighted by Gasteiger charge is 2.15. The fourth-order valence-electron chi connectivity index (χ4n) is 3.08. The molecule has 5 nitrogen and oxygen atoms in total. The molecule has 3 aromatic rings. The summed E-state index contributed by atoms with van der Waals surface area (Å²) in [6.45, 7) is 4.71. The van der Waals surface area contributed by atoms with Gasteiger partial charge in [0.25, 0.3) is 5.91 Å². The number of nitriles is 1. The lowest BCUT2D eigenvalue weighted by Crippen LogP contribution is -2.13. The van der Waals surface area contributed by atoms with Gasteiger partial charge in [0.2, 0.25) is 0 Å². The molecule has 1 N–H and O–H groups in total. The third-order valence-electron chi connectivity index (χ3n) is 4.58. The first-order chi connectivity index (χ1) is 15.9. The van der Waals surface area contributed by atoms with Crippen molar-refractivity contribution in [2.45, 2.75) is 20.5 Å². The molecule has 0 fully saturated rings. The molecule has 0 unspecified atom stereocenters. The van der Waals surface area contributed by atoms with E-state index < -0.39 is 11.7 Å². The Kier molecular flexibility index (Phi) is 8.44. The topological polar surface area (TPSA) is 71.3 Å². The summed E-state index contributed by atoms with van der Waals surface area (Å²) in [6, 6.07) is 18.9. The van der Waals surface area contributed by atoms with Crippen molar-refractivity contribution in [1.82, 2.24) is 0 Å². The van der Waals surface area contributed by atoms with E-state index in [1.54, 1.807) is 6.07 Å². The molecule has 0 saturated carbocycles. The van der Waals surface area contributed by atoms with Gasteiger partial charge >= 0.3 is 0 Å². The summed E-state index contributed by atoms with van der Waals surface area (Å²) in [6.07, 6.45) is 1.48. The smallest absolute Gasteiger partial charge is 0.266 e. The molecule has 7 heteroatoms. The highest BCUT2D eigenvalue weighted by molar-refractivity contribution is 14.1. The lowest BCUT2D eigenvalue weighted by molar-refractivity contribution is -0.112. The second-order valence-electron chi connectivity index (χ2n) is 7.17. The first-order valence-corrected chi connectivity index (χ1v) is 11.3. The van der Waals surface area contributed by atoms with Gasteiger partial charge in [-0.05, 0) is 90.0 Å². The van der Waals surface area contributed by atoms with Gasteiger partial charge in [0.15, 0.2) is 11.5 Å². The molecule has 1 amide bonds. The highest BCUT2D eigenvalue weighted by Crippen LogP contribution is 2.35. The number of benzene rings is 3. The summed E-state index contributed by atoms with van der Waals surface area (Å²) in [5.41, 5.74) is 3.12. The molecular weight excluding hydrogens is 534 g/mol. The van der Waals surface area contributed by atoms with Crippen molar-refractivity contribution in [3.63, 3.8) is 0 Å². The standard InChI is InChI=1S/C26H22FIN2O3/c1-3-32-24-14-19(12-20(15-29)26(31)30-22-9-7-21(27)8-10-22)13-23(28)25(24)33-16-18-6-4-5-17(2)11-18/h4-14H,3,16H2,1-2H3,(H,30,31)/b20-12+.